The highest BCUT2D eigenvalue weighted by molar-refractivity contribution is 5.96. The number of hydrogen-bond donors (Lipinski definition) is 2. The third-order valence-corrected chi connectivity index (χ3v) is 4.39. The molecule has 1 aromatic carbocycles. The van der Waals surface area contributed by atoms with Crippen molar-refractivity contribution in [3.8, 4) is 11.5 Å². The fourth-order valence-corrected chi connectivity index (χ4v) is 2.90. The summed E-state index contributed by atoms with van der Waals surface area (Å²) < 4.78 is 12.5. The molecule has 0 saturated carbocycles. The van der Waals surface area contributed by atoms with Crippen molar-refractivity contribution >= 4 is 16.9 Å². The van der Waals surface area contributed by atoms with Crippen molar-refractivity contribution in [2.24, 2.45) is 0 Å². The summed E-state index contributed by atoms with van der Waals surface area (Å²) >= 11 is 0. The highest BCUT2D eigenvalue weighted by Crippen LogP contribution is 2.26. The second-order valence-electron chi connectivity index (χ2n) is 6.23. The number of likely N-dealkylation sites (N-methyl/N-ethyl adjacent to an activating group) is 1. The highest BCUT2D eigenvalue weighted by atomic mass is 16.5. The minimum absolute atomic E-state index is 0.142. The van der Waals surface area contributed by atoms with Crippen LogP contribution in [0.15, 0.2) is 36.7 Å². The number of ether oxygens (including phenoxy) is 2. The molecule has 0 unspecified atom stereocenters. The molecule has 0 fully saturated rings. The summed E-state index contributed by atoms with van der Waals surface area (Å²) in [5.41, 5.74) is 2.19. The van der Waals surface area contributed by atoms with Crippen LogP contribution in [0.3, 0.4) is 0 Å². The van der Waals surface area contributed by atoms with Crippen molar-refractivity contribution < 1.29 is 14.3 Å². The van der Waals surface area contributed by atoms with Gasteiger partial charge in [0, 0.05) is 36.3 Å². The van der Waals surface area contributed by atoms with Crippen LogP contribution in [0.2, 0.25) is 0 Å². The zero-order chi connectivity index (χ0) is 19.9. The van der Waals surface area contributed by atoms with E-state index in [2.05, 4.69) is 20.7 Å². The van der Waals surface area contributed by atoms with Crippen LogP contribution < -0.4 is 20.1 Å². The molecule has 3 rings (SSSR count). The lowest BCUT2D eigenvalue weighted by Gasteiger charge is -2.11. The van der Waals surface area contributed by atoms with Crippen LogP contribution in [0.25, 0.3) is 11.0 Å². The van der Waals surface area contributed by atoms with Gasteiger partial charge < -0.3 is 20.1 Å². The standard InChI is InChI=1S/C20H25N5O3/c1-4-21-7-8-22-20(26)16-9-15-12-24-25(19(15)23-11-16)13-14-5-6-17(27-2)10-18(14)28-3/h5-6,9-12,21H,4,7-8,13H2,1-3H3,(H,22,26). The van der Waals surface area contributed by atoms with E-state index in [9.17, 15) is 4.79 Å². The lowest BCUT2D eigenvalue weighted by Crippen LogP contribution is -2.31. The van der Waals surface area contributed by atoms with Gasteiger partial charge in [0.05, 0.1) is 32.5 Å². The Labute approximate surface area is 163 Å². The number of rotatable bonds is 9. The van der Waals surface area contributed by atoms with Gasteiger partial charge >= 0.3 is 0 Å². The van der Waals surface area contributed by atoms with Gasteiger partial charge in [-0.15, -0.1) is 0 Å². The minimum atomic E-state index is -0.142. The maximum Gasteiger partial charge on any atom is 0.252 e. The van der Waals surface area contributed by atoms with E-state index in [1.165, 1.54) is 0 Å². The van der Waals surface area contributed by atoms with E-state index in [1.54, 1.807) is 37.4 Å². The number of benzene rings is 1. The third-order valence-electron chi connectivity index (χ3n) is 4.39. The molecule has 0 aliphatic carbocycles. The van der Waals surface area contributed by atoms with Gasteiger partial charge in [-0.25, -0.2) is 9.67 Å². The number of fused-ring (bicyclic) bond motifs is 1. The first-order valence-corrected chi connectivity index (χ1v) is 9.17. The van der Waals surface area contributed by atoms with Crippen LogP contribution in [-0.2, 0) is 6.54 Å². The Hall–Kier alpha value is -3.13. The predicted octanol–water partition coefficient (Wildman–Crippen LogP) is 1.84. The summed E-state index contributed by atoms with van der Waals surface area (Å²) in [7, 11) is 3.24. The number of amides is 1. The average molecular weight is 383 g/mol. The number of carbonyl (C=O) groups excluding carboxylic acids is 1. The van der Waals surface area contributed by atoms with Crippen molar-refractivity contribution in [3.05, 3.63) is 47.8 Å². The van der Waals surface area contributed by atoms with E-state index in [0.717, 1.165) is 35.5 Å². The van der Waals surface area contributed by atoms with Gasteiger partial charge in [0.2, 0.25) is 0 Å². The Bertz CT molecular complexity index is 954. The van der Waals surface area contributed by atoms with Crippen molar-refractivity contribution in [1.82, 2.24) is 25.4 Å². The molecule has 2 aromatic heterocycles. The Morgan fingerprint density at radius 3 is 2.75 bits per heavy atom. The molecule has 1 amide bonds. The second kappa shape index (κ2) is 9.18. The SMILES string of the molecule is CCNCCNC(=O)c1cnc2c(cnn2Cc2ccc(OC)cc2OC)c1. The third kappa shape index (κ3) is 4.40. The van der Waals surface area contributed by atoms with E-state index in [1.807, 2.05) is 25.1 Å². The Morgan fingerprint density at radius 2 is 2.00 bits per heavy atom. The van der Waals surface area contributed by atoms with Gasteiger partial charge in [0.25, 0.3) is 5.91 Å². The van der Waals surface area contributed by atoms with Crippen LogP contribution in [0, 0.1) is 0 Å². The average Bonchev–Trinajstić information content (AvgIpc) is 3.13. The Balaban J connectivity index is 1.77. The van der Waals surface area contributed by atoms with Crippen LogP contribution in [-0.4, -0.2) is 54.5 Å². The summed E-state index contributed by atoms with van der Waals surface area (Å²) in [5.74, 6) is 1.31. The van der Waals surface area contributed by atoms with Gasteiger partial charge in [-0.05, 0) is 24.7 Å². The highest BCUT2D eigenvalue weighted by Gasteiger charge is 2.12. The Kier molecular flexibility index (Phi) is 6.44. The first-order chi connectivity index (χ1) is 13.7. The molecule has 3 aromatic rings. The molecule has 0 aliphatic rings. The van der Waals surface area contributed by atoms with Crippen LogP contribution in [0.4, 0.5) is 0 Å². The number of nitrogens with one attached hydrogen (secondary N) is 2. The summed E-state index contributed by atoms with van der Waals surface area (Å²) in [4.78, 5) is 16.7. The number of methoxy groups -OCH3 is 2. The molecule has 8 heteroatoms. The number of nitrogens with zero attached hydrogens (tertiary/aromatic N) is 3. The molecular formula is C20H25N5O3. The molecule has 2 N–H and O–H groups in total. The summed E-state index contributed by atoms with van der Waals surface area (Å²) in [6.45, 7) is 4.71. The van der Waals surface area contributed by atoms with E-state index >= 15 is 0 Å². The van der Waals surface area contributed by atoms with E-state index < -0.39 is 0 Å². The zero-order valence-corrected chi connectivity index (χ0v) is 16.4. The molecule has 28 heavy (non-hydrogen) atoms. The molecule has 0 bridgehead atoms. The fraction of sp³-hybridized carbons (Fsp3) is 0.350. The molecule has 0 saturated heterocycles. The molecule has 0 spiro atoms. The van der Waals surface area contributed by atoms with Crippen LogP contribution >= 0.6 is 0 Å². The summed E-state index contributed by atoms with van der Waals surface area (Å²) in [6.07, 6.45) is 3.29. The smallest absolute Gasteiger partial charge is 0.252 e. The molecule has 0 aliphatic heterocycles. The lowest BCUT2D eigenvalue weighted by atomic mass is 10.2. The zero-order valence-electron chi connectivity index (χ0n) is 16.4. The maximum absolute atomic E-state index is 12.3. The number of aromatic nitrogens is 3. The predicted molar refractivity (Wildman–Crippen MR) is 107 cm³/mol. The largest absolute Gasteiger partial charge is 0.497 e. The van der Waals surface area contributed by atoms with E-state index in [4.69, 9.17) is 9.47 Å². The number of carbonyl (C=O) groups is 1. The molecule has 8 nitrogen and oxygen atoms in total. The van der Waals surface area contributed by atoms with Crippen molar-refractivity contribution in [2.75, 3.05) is 33.9 Å². The quantitative estimate of drug-likeness (QED) is 0.548. The molecule has 0 radical (unpaired) electrons. The molecule has 0 atom stereocenters. The topological polar surface area (TPSA) is 90.3 Å². The van der Waals surface area contributed by atoms with Crippen LogP contribution in [0.5, 0.6) is 11.5 Å². The van der Waals surface area contributed by atoms with Gasteiger partial charge in [-0.1, -0.05) is 6.92 Å². The summed E-state index contributed by atoms with van der Waals surface area (Å²) in [5, 5.41) is 11.3. The molecular weight excluding hydrogens is 358 g/mol. The first kappa shape index (κ1) is 19.6. The molecule has 148 valence electrons. The fourth-order valence-electron chi connectivity index (χ4n) is 2.90. The second-order valence-corrected chi connectivity index (χ2v) is 6.23. The van der Waals surface area contributed by atoms with Gasteiger partial charge in [0.1, 0.15) is 11.5 Å². The normalized spacial score (nSPS) is 10.8. The van der Waals surface area contributed by atoms with E-state index in [-0.39, 0.29) is 5.91 Å². The minimum Gasteiger partial charge on any atom is -0.497 e. The van der Waals surface area contributed by atoms with Crippen molar-refractivity contribution in [1.29, 1.82) is 0 Å². The van der Waals surface area contributed by atoms with Gasteiger partial charge in [-0.2, -0.15) is 5.10 Å². The van der Waals surface area contributed by atoms with E-state index in [0.29, 0.717) is 24.3 Å². The molecule has 2 heterocycles. The lowest BCUT2D eigenvalue weighted by molar-refractivity contribution is 0.0954. The Morgan fingerprint density at radius 1 is 1.14 bits per heavy atom. The van der Waals surface area contributed by atoms with Crippen molar-refractivity contribution in [3.63, 3.8) is 0 Å². The summed E-state index contributed by atoms with van der Waals surface area (Å²) in [6, 6.07) is 7.47. The maximum atomic E-state index is 12.3. The number of pyridine rings is 1. The number of hydrogen-bond acceptors (Lipinski definition) is 6. The van der Waals surface area contributed by atoms with Gasteiger partial charge in [0.15, 0.2) is 5.65 Å². The monoisotopic (exact) mass is 383 g/mol. The van der Waals surface area contributed by atoms with Crippen LogP contribution in [0.1, 0.15) is 22.8 Å². The van der Waals surface area contributed by atoms with Crippen molar-refractivity contribution in [2.45, 2.75) is 13.5 Å². The first-order valence-electron chi connectivity index (χ1n) is 9.17. The van der Waals surface area contributed by atoms with Gasteiger partial charge in [-0.3, -0.25) is 4.79 Å².